The number of rotatable bonds is 16. The van der Waals surface area contributed by atoms with Crippen molar-refractivity contribution in [1.29, 1.82) is 0 Å². The Morgan fingerprint density at radius 2 is 1.20 bits per heavy atom. The maximum Gasteiger partial charge on any atom is 0.191 e. The van der Waals surface area contributed by atoms with E-state index in [1.165, 1.54) is 22.4 Å². The van der Waals surface area contributed by atoms with Gasteiger partial charge in [0.15, 0.2) is 5.12 Å². The zero-order valence-electron chi connectivity index (χ0n) is 17.5. The predicted octanol–water partition coefficient (Wildman–Crippen LogP) is 3.42. The summed E-state index contributed by atoms with van der Waals surface area (Å²) >= 11 is 1.41. The Bertz CT molecular complexity index is 647. The number of benzene rings is 2. The molecule has 0 bridgehead atoms. The van der Waals surface area contributed by atoms with Crippen LogP contribution >= 0.6 is 19.7 Å². The lowest BCUT2D eigenvalue weighted by Crippen LogP contribution is -2.14. The summed E-state index contributed by atoms with van der Waals surface area (Å²) in [5, 5.41) is 2.75. The number of thioether (sulfide) groups is 1. The monoisotopic (exact) mass is 450 g/mol. The van der Waals surface area contributed by atoms with E-state index in [1.807, 2.05) is 12.1 Å². The van der Waals surface area contributed by atoms with Crippen LogP contribution in [0.5, 0.6) is 0 Å². The maximum absolute atomic E-state index is 12.3. The minimum absolute atomic E-state index is 0.168. The fourth-order valence-electron chi connectivity index (χ4n) is 2.56. The maximum atomic E-state index is 12.3. The van der Waals surface area contributed by atoms with Crippen LogP contribution in [0.25, 0.3) is 0 Å². The zero-order chi connectivity index (χ0) is 21.3. The van der Waals surface area contributed by atoms with E-state index in [0.717, 1.165) is 5.49 Å². The SMILES string of the molecule is COCCOCCOCCOCCC(=O)SCP(c1ccccc1)c1ccccc1. The quantitative estimate of drug-likeness (QED) is 0.289. The third kappa shape index (κ3) is 10.7. The Labute approximate surface area is 185 Å². The lowest BCUT2D eigenvalue weighted by molar-refractivity contribution is -0.112. The van der Waals surface area contributed by atoms with Crippen LogP contribution < -0.4 is 10.6 Å². The van der Waals surface area contributed by atoms with E-state index in [9.17, 15) is 4.79 Å². The first-order valence-corrected chi connectivity index (χ1v) is 12.6. The molecule has 0 aromatic heterocycles. The third-order valence-corrected chi connectivity index (χ3v) is 8.03. The molecular weight excluding hydrogens is 419 g/mol. The van der Waals surface area contributed by atoms with Gasteiger partial charge in [-0.2, -0.15) is 0 Å². The van der Waals surface area contributed by atoms with Gasteiger partial charge in [-0.15, -0.1) is 0 Å². The average Bonchev–Trinajstić information content (AvgIpc) is 2.79. The molecule has 5 nitrogen and oxygen atoms in total. The van der Waals surface area contributed by atoms with Crippen LogP contribution in [-0.4, -0.2) is 64.0 Å². The number of hydrogen-bond donors (Lipinski definition) is 0. The van der Waals surface area contributed by atoms with Crippen LogP contribution in [0.1, 0.15) is 6.42 Å². The van der Waals surface area contributed by atoms with Gasteiger partial charge in [-0.3, -0.25) is 4.79 Å². The van der Waals surface area contributed by atoms with Gasteiger partial charge in [0.1, 0.15) is 0 Å². The minimum atomic E-state index is -0.556. The molecule has 0 atom stereocenters. The van der Waals surface area contributed by atoms with Crippen molar-refractivity contribution in [3.63, 3.8) is 0 Å². The summed E-state index contributed by atoms with van der Waals surface area (Å²) in [5.41, 5.74) is 0.786. The van der Waals surface area contributed by atoms with Crippen molar-refractivity contribution in [2.45, 2.75) is 6.42 Å². The summed E-state index contributed by atoms with van der Waals surface area (Å²) in [7, 11) is 1.09. The smallest absolute Gasteiger partial charge is 0.191 e. The van der Waals surface area contributed by atoms with Gasteiger partial charge in [-0.25, -0.2) is 0 Å². The minimum Gasteiger partial charge on any atom is -0.382 e. The van der Waals surface area contributed by atoms with Crippen LogP contribution in [0.2, 0.25) is 0 Å². The largest absolute Gasteiger partial charge is 0.382 e. The second-order valence-corrected chi connectivity index (χ2v) is 9.99. The molecule has 7 heteroatoms. The highest BCUT2D eigenvalue weighted by molar-refractivity contribution is 8.18. The second kappa shape index (κ2) is 16.4. The average molecular weight is 451 g/mol. The van der Waals surface area contributed by atoms with Crippen molar-refractivity contribution < 1.29 is 23.7 Å². The lowest BCUT2D eigenvalue weighted by Gasteiger charge is -2.17. The molecule has 0 aliphatic carbocycles. The first-order valence-electron chi connectivity index (χ1n) is 10.1. The van der Waals surface area contributed by atoms with Crippen molar-refractivity contribution >= 4 is 35.4 Å². The summed E-state index contributed by atoms with van der Waals surface area (Å²) in [6.07, 6.45) is 0.414. The highest BCUT2D eigenvalue weighted by Gasteiger charge is 2.15. The van der Waals surface area contributed by atoms with Gasteiger partial charge in [0.05, 0.1) is 46.2 Å². The summed E-state index contributed by atoms with van der Waals surface area (Å²) in [6.45, 7) is 3.66. The molecule has 0 saturated carbocycles. The highest BCUT2D eigenvalue weighted by atomic mass is 32.2. The number of carbonyl (C=O) groups is 1. The fourth-order valence-corrected chi connectivity index (χ4v) is 6.44. The Balaban J connectivity index is 1.60. The van der Waals surface area contributed by atoms with Crippen LogP contribution in [0.3, 0.4) is 0 Å². The molecule has 0 radical (unpaired) electrons. The van der Waals surface area contributed by atoms with Gasteiger partial charge < -0.3 is 18.9 Å². The highest BCUT2D eigenvalue weighted by Crippen LogP contribution is 2.37. The van der Waals surface area contributed by atoms with Crippen molar-refractivity contribution in [3.05, 3.63) is 60.7 Å². The van der Waals surface area contributed by atoms with E-state index < -0.39 is 7.92 Å². The Morgan fingerprint density at radius 1 is 0.733 bits per heavy atom. The molecule has 0 aliphatic heterocycles. The molecule has 2 aromatic rings. The molecule has 0 spiro atoms. The molecule has 0 aliphatic rings. The molecule has 30 heavy (non-hydrogen) atoms. The first-order chi connectivity index (χ1) is 14.8. The number of ether oxygens (including phenoxy) is 4. The van der Waals surface area contributed by atoms with Crippen molar-refractivity contribution in [1.82, 2.24) is 0 Å². The van der Waals surface area contributed by atoms with E-state index >= 15 is 0 Å². The van der Waals surface area contributed by atoms with Gasteiger partial charge >= 0.3 is 0 Å². The summed E-state index contributed by atoms with van der Waals surface area (Å²) < 4.78 is 21.1. The molecule has 0 unspecified atom stereocenters. The number of methoxy groups -OCH3 is 1. The topological polar surface area (TPSA) is 54.0 Å². The van der Waals surface area contributed by atoms with Gasteiger partial charge in [-0.05, 0) is 18.5 Å². The van der Waals surface area contributed by atoms with E-state index in [4.69, 9.17) is 18.9 Å². The van der Waals surface area contributed by atoms with E-state index in [2.05, 4.69) is 48.5 Å². The van der Waals surface area contributed by atoms with E-state index in [1.54, 1.807) is 7.11 Å². The molecule has 0 N–H and O–H groups in total. The zero-order valence-corrected chi connectivity index (χ0v) is 19.2. The predicted molar refractivity (Wildman–Crippen MR) is 125 cm³/mol. The Kier molecular flexibility index (Phi) is 13.7. The molecule has 2 aromatic carbocycles. The normalized spacial score (nSPS) is 11.1. The summed E-state index contributed by atoms with van der Waals surface area (Å²) in [6, 6.07) is 20.9. The van der Waals surface area contributed by atoms with Gasteiger partial charge in [0.25, 0.3) is 0 Å². The molecular formula is C23H31O5PS. The lowest BCUT2D eigenvalue weighted by atomic mass is 10.4. The Morgan fingerprint density at radius 3 is 1.70 bits per heavy atom. The fraction of sp³-hybridized carbons (Fsp3) is 0.435. The molecule has 0 amide bonds. The summed E-state index contributed by atoms with van der Waals surface area (Å²) in [5.74, 6) is 0. The van der Waals surface area contributed by atoms with Gasteiger partial charge in [-0.1, -0.05) is 72.4 Å². The molecule has 164 valence electrons. The Hall–Kier alpha value is -1.27. The van der Waals surface area contributed by atoms with Crippen molar-refractivity contribution in [2.24, 2.45) is 0 Å². The van der Waals surface area contributed by atoms with Crippen molar-refractivity contribution in [2.75, 3.05) is 58.9 Å². The number of carbonyl (C=O) groups excluding carboxylic acids is 1. The van der Waals surface area contributed by atoms with E-state index in [0.29, 0.717) is 52.7 Å². The molecule has 0 saturated heterocycles. The van der Waals surface area contributed by atoms with Gasteiger partial charge in [0, 0.05) is 19.0 Å². The third-order valence-electron chi connectivity index (χ3n) is 4.12. The standard InChI is InChI=1S/C23H31O5PS/c1-25-14-15-27-18-19-28-17-16-26-13-12-23(24)30-20-29(21-8-4-2-5-9-21)22-10-6-3-7-11-22/h2-11H,12-20H2,1H3. The van der Waals surface area contributed by atoms with Crippen LogP contribution in [-0.2, 0) is 23.7 Å². The van der Waals surface area contributed by atoms with Crippen LogP contribution in [0.15, 0.2) is 60.7 Å². The van der Waals surface area contributed by atoms with Crippen molar-refractivity contribution in [3.8, 4) is 0 Å². The molecule has 0 fully saturated rings. The summed E-state index contributed by atoms with van der Waals surface area (Å²) in [4.78, 5) is 12.3. The second-order valence-electron chi connectivity index (χ2n) is 6.32. The molecule has 0 heterocycles. The van der Waals surface area contributed by atoms with Gasteiger partial charge in [0.2, 0.25) is 0 Å². The van der Waals surface area contributed by atoms with Crippen LogP contribution in [0, 0.1) is 0 Å². The van der Waals surface area contributed by atoms with Crippen LogP contribution in [0.4, 0.5) is 0 Å². The van der Waals surface area contributed by atoms with E-state index in [-0.39, 0.29) is 5.12 Å². The molecule has 2 rings (SSSR count). The first kappa shape index (κ1) is 25.0. The number of hydrogen-bond acceptors (Lipinski definition) is 6.